The van der Waals surface area contributed by atoms with Crippen LogP contribution in [0.2, 0.25) is 0 Å². The SMILES string of the molecule is C#C.C=C(NCc1cccc(CNC2=C(C)C(=C)C2=C)c1)C(=C)n1cncc1/N=C(\C)C(=C)N[C@H]1CCc2cc(C(=C)NN)ccc21.CC.CC.CC.CC=O. The van der Waals surface area contributed by atoms with Crippen molar-refractivity contribution in [3.8, 4) is 12.8 Å². The summed E-state index contributed by atoms with van der Waals surface area (Å²) in [5.41, 5.74) is 16.3. The molecule has 0 fully saturated rings. The molecule has 0 radical (unpaired) electrons. The summed E-state index contributed by atoms with van der Waals surface area (Å²) in [6.45, 7) is 43.6. The Morgan fingerprint density at radius 3 is 2.16 bits per heavy atom. The van der Waals surface area contributed by atoms with Crippen molar-refractivity contribution in [1.29, 1.82) is 0 Å². The number of carbonyl (C=O) groups excluding carboxylic acids is 1. The number of aliphatic imine (C=N–C) groups is 1. The molecule has 9 nitrogen and oxygen atoms in total. The molecule has 1 atom stereocenters. The van der Waals surface area contributed by atoms with E-state index in [1.54, 1.807) is 12.5 Å². The zero-order chi connectivity index (χ0) is 43.0. The maximum absolute atomic E-state index is 8.81. The second kappa shape index (κ2) is 26.6. The third-order valence-corrected chi connectivity index (χ3v) is 8.53. The highest BCUT2D eigenvalue weighted by Gasteiger charge is 2.24. The number of nitrogens with two attached hydrogens (primary N) is 1. The first-order valence-corrected chi connectivity index (χ1v) is 19.1. The number of nitrogens with zero attached hydrogens (tertiary/aromatic N) is 3. The number of hydrogen-bond donors (Lipinski definition) is 5. The van der Waals surface area contributed by atoms with Gasteiger partial charge in [0.05, 0.1) is 29.3 Å². The molecule has 2 aromatic carbocycles. The van der Waals surface area contributed by atoms with E-state index in [0.717, 1.165) is 58.5 Å². The van der Waals surface area contributed by atoms with Gasteiger partial charge >= 0.3 is 0 Å². The fourth-order valence-corrected chi connectivity index (χ4v) is 5.60. The van der Waals surface area contributed by atoms with Gasteiger partial charge in [0, 0.05) is 30.2 Å². The summed E-state index contributed by atoms with van der Waals surface area (Å²) in [6.07, 6.45) is 14.1. The van der Waals surface area contributed by atoms with Crippen LogP contribution >= 0.6 is 0 Å². The molecule has 300 valence electrons. The first-order valence-electron chi connectivity index (χ1n) is 19.1. The van der Waals surface area contributed by atoms with Crippen molar-refractivity contribution >= 4 is 29.2 Å². The van der Waals surface area contributed by atoms with Crippen molar-refractivity contribution in [2.75, 3.05) is 0 Å². The van der Waals surface area contributed by atoms with Gasteiger partial charge in [-0.25, -0.2) is 9.98 Å². The van der Waals surface area contributed by atoms with E-state index in [1.165, 1.54) is 29.2 Å². The van der Waals surface area contributed by atoms with Gasteiger partial charge in [-0.15, -0.1) is 12.8 Å². The minimum absolute atomic E-state index is 0.155. The van der Waals surface area contributed by atoms with Gasteiger partial charge in [-0.05, 0) is 84.2 Å². The molecule has 56 heavy (non-hydrogen) atoms. The van der Waals surface area contributed by atoms with Gasteiger partial charge in [0.15, 0.2) is 5.82 Å². The lowest BCUT2D eigenvalue weighted by Crippen LogP contribution is -2.23. The van der Waals surface area contributed by atoms with Crippen molar-refractivity contribution in [2.45, 2.75) is 94.3 Å². The van der Waals surface area contributed by atoms with Gasteiger partial charge < -0.3 is 26.2 Å². The highest BCUT2D eigenvalue weighted by atomic mass is 16.1. The van der Waals surface area contributed by atoms with Gasteiger partial charge in [-0.3, -0.25) is 10.4 Å². The Morgan fingerprint density at radius 1 is 0.964 bits per heavy atom. The second-order valence-corrected chi connectivity index (χ2v) is 11.7. The van der Waals surface area contributed by atoms with E-state index in [2.05, 4.69) is 122 Å². The van der Waals surface area contributed by atoms with Gasteiger partial charge in [-0.1, -0.05) is 117 Å². The molecule has 5 rings (SSSR count). The predicted octanol–water partition coefficient (Wildman–Crippen LogP) is 10.00. The number of allylic oxidation sites excluding steroid dienone is 4. The average molecular weight is 759 g/mol. The van der Waals surface area contributed by atoms with Crippen LogP contribution in [0.15, 0.2) is 133 Å². The molecule has 1 aromatic heterocycles. The smallest absolute Gasteiger partial charge is 0.157 e. The topological polar surface area (TPSA) is 121 Å². The minimum atomic E-state index is 0.155. The normalized spacial score (nSPS) is 13.2. The lowest BCUT2D eigenvalue weighted by atomic mass is 9.85. The lowest BCUT2D eigenvalue weighted by Gasteiger charge is -2.28. The number of carbonyl (C=O) groups is 1. The Balaban J connectivity index is 0.00000251. The minimum Gasteiger partial charge on any atom is -0.380 e. The van der Waals surface area contributed by atoms with Crippen LogP contribution in [0, 0.1) is 12.8 Å². The average Bonchev–Trinajstić information content (AvgIpc) is 3.88. The maximum atomic E-state index is 8.81. The van der Waals surface area contributed by atoms with Crippen LogP contribution in [0.3, 0.4) is 0 Å². The molecule has 0 amide bonds. The van der Waals surface area contributed by atoms with E-state index >= 15 is 0 Å². The number of nitrogens with one attached hydrogen (secondary N) is 4. The lowest BCUT2D eigenvalue weighted by molar-refractivity contribution is -0.106. The van der Waals surface area contributed by atoms with Crippen LogP contribution < -0.4 is 27.2 Å². The molecule has 0 spiro atoms. The summed E-state index contributed by atoms with van der Waals surface area (Å²) >= 11 is 0. The fourth-order valence-electron chi connectivity index (χ4n) is 5.60. The summed E-state index contributed by atoms with van der Waals surface area (Å²) in [4.78, 5) is 18.0. The molecule has 0 saturated carbocycles. The zero-order valence-corrected chi connectivity index (χ0v) is 35.4. The number of benzene rings is 2. The molecule has 0 saturated heterocycles. The van der Waals surface area contributed by atoms with E-state index in [0.29, 0.717) is 36.0 Å². The van der Waals surface area contributed by atoms with Gasteiger partial charge in [0.2, 0.25) is 0 Å². The third-order valence-electron chi connectivity index (χ3n) is 8.53. The van der Waals surface area contributed by atoms with Gasteiger partial charge in [0.1, 0.15) is 12.6 Å². The van der Waals surface area contributed by atoms with E-state index in [1.807, 2.05) is 59.1 Å². The number of hydrogen-bond acceptors (Lipinski definition) is 8. The molecule has 2 aliphatic rings. The molecular formula is C47H66N8O. The molecule has 0 aliphatic heterocycles. The number of aldehydes is 1. The quantitative estimate of drug-likeness (QED) is 0.0277. The maximum Gasteiger partial charge on any atom is 0.157 e. The predicted molar refractivity (Wildman–Crippen MR) is 242 cm³/mol. The van der Waals surface area contributed by atoms with E-state index < -0.39 is 0 Å². The highest BCUT2D eigenvalue weighted by molar-refractivity contribution is 5.98. The van der Waals surface area contributed by atoms with Crippen LogP contribution in [0.1, 0.15) is 103 Å². The Bertz CT molecular complexity index is 1900. The van der Waals surface area contributed by atoms with Crippen molar-refractivity contribution in [3.63, 3.8) is 0 Å². The summed E-state index contributed by atoms with van der Waals surface area (Å²) < 4.78 is 1.83. The first kappa shape index (κ1) is 49.9. The van der Waals surface area contributed by atoms with Crippen LogP contribution in [0.5, 0.6) is 0 Å². The number of rotatable bonds is 14. The van der Waals surface area contributed by atoms with E-state index in [-0.39, 0.29) is 6.04 Å². The molecule has 0 unspecified atom stereocenters. The van der Waals surface area contributed by atoms with Crippen molar-refractivity contribution in [2.24, 2.45) is 10.8 Å². The van der Waals surface area contributed by atoms with Gasteiger partial charge in [0.25, 0.3) is 0 Å². The second-order valence-electron chi connectivity index (χ2n) is 11.7. The van der Waals surface area contributed by atoms with Gasteiger partial charge in [-0.2, -0.15) is 0 Å². The first-order chi connectivity index (χ1) is 27.0. The fraction of sp³-hybridized carbons (Fsp3) is 0.298. The van der Waals surface area contributed by atoms with Crippen molar-refractivity contribution < 1.29 is 4.79 Å². The summed E-state index contributed by atoms with van der Waals surface area (Å²) in [6, 6.07) is 14.9. The number of aromatic nitrogens is 2. The molecular weight excluding hydrogens is 693 g/mol. The summed E-state index contributed by atoms with van der Waals surface area (Å²) in [5.74, 6) is 6.18. The number of aryl methyl sites for hydroxylation is 1. The third kappa shape index (κ3) is 13.6. The molecule has 0 bridgehead atoms. The van der Waals surface area contributed by atoms with Crippen LogP contribution in [-0.4, -0.2) is 21.5 Å². The largest absolute Gasteiger partial charge is 0.380 e. The molecule has 6 N–H and O–H groups in total. The number of terminal acetylenes is 1. The number of hydrazine groups is 1. The van der Waals surface area contributed by atoms with E-state index in [4.69, 9.17) is 15.6 Å². The summed E-state index contributed by atoms with van der Waals surface area (Å²) in [5, 5.41) is 10.5. The Morgan fingerprint density at radius 2 is 1.57 bits per heavy atom. The standard InChI is InChI=1S/C37H42N8.C2H4O.3C2H6.C2H2/c1-22-23(2)37(24(22)3)41-19-31-11-9-10-30(16-31)18-40-27(6)29(8)45-21-39-20-36(45)43-26(5)25(4)42-35-15-13-33-17-32(28(7)44-38)12-14-34(33)35;1-2-3;4*1-2/h9-12,14,16-17,20-21,35,40-42,44H,1-2,4,6-8,13,15,18-19,38H2,3,5H3;2H,1H3;3*1-2H3;1-2H/b43-26+;;;;;/t35-;;;;;/m0...../s1. The highest BCUT2D eigenvalue weighted by Crippen LogP contribution is 2.35. The van der Waals surface area contributed by atoms with Crippen LogP contribution in [0.25, 0.3) is 11.4 Å². The molecule has 9 heteroatoms. The van der Waals surface area contributed by atoms with Crippen molar-refractivity contribution in [1.82, 2.24) is 30.9 Å². The summed E-state index contributed by atoms with van der Waals surface area (Å²) in [7, 11) is 0. The molecule has 2 aliphatic carbocycles. The monoisotopic (exact) mass is 759 g/mol. The van der Waals surface area contributed by atoms with Crippen LogP contribution in [0.4, 0.5) is 5.82 Å². The zero-order valence-electron chi connectivity index (χ0n) is 35.4. The number of fused-ring (bicyclic) bond motifs is 1. The van der Waals surface area contributed by atoms with Crippen LogP contribution in [-0.2, 0) is 24.3 Å². The molecule has 3 aromatic rings. The Hall–Kier alpha value is -6.11. The Labute approximate surface area is 338 Å². The Kier molecular flexibility index (Phi) is 23.7. The molecule has 1 heterocycles. The van der Waals surface area contributed by atoms with Crippen molar-refractivity contribution in [3.05, 3.63) is 156 Å². The number of imidazole rings is 1. The van der Waals surface area contributed by atoms with E-state index in [9.17, 15) is 0 Å².